The van der Waals surface area contributed by atoms with Crippen LogP contribution in [-0.2, 0) is 14.3 Å². The molecule has 0 saturated heterocycles. The largest absolute Gasteiger partial charge is 0.444 e. The first kappa shape index (κ1) is 28.7. The number of aryl methyl sites for hydroxylation is 1. The molecule has 7 heteroatoms. The van der Waals surface area contributed by atoms with E-state index in [1.807, 2.05) is 81.4 Å². The molecule has 2 N–H and O–H groups in total. The molecule has 0 saturated carbocycles. The summed E-state index contributed by atoms with van der Waals surface area (Å²) in [5, 5.41) is 7.75. The van der Waals surface area contributed by atoms with Gasteiger partial charge in [0.25, 0.3) is 5.91 Å². The number of nitrogens with one attached hydrogen (secondary N) is 2. The van der Waals surface area contributed by atoms with Gasteiger partial charge in [-0.25, -0.2) is 4.79 Å². The van der Waals surface area contributed by atoms with E-state index in [0.717, 1.165) is 27.5 Å². The highest BCUT2D eigenvalue weighted by atomic mass is 16.6. The van der Waals surface area contributed by atoms with Crippen LogP contribution in [0.4, 0.5) is 10.5 Å². The molecule has 7 nitrogen and oxygen atoms in total. The molecule has 0 spiro atoms. The molecular formula is C31H39N3O4. The molecule has 0 bridgehead atoms. The van der Waals surface area contributed by atoms with Gasteiger partial charge in [-0.3, -0.25) is 9.59 Å². The Bertz CT molecular complexity index is 1310. The fraction of sp³-hybridized carbons (Fsp3) is 0.387. The first-order valence-electron chi connectivity index (χ1n) is 13.1. The number of benzene rings is 3. The third-order valence-electron chi connectivity index (χ3n) is 6.37. The number of fused-ring (bicyclic) bond motifs is 1. The number of hydrogen-bond donors (Lipinski definition) is 2. The second-order valence-corrected chi connectivity index (χ2v) is 10.6. The Hall–Kier alpha value is -3.87. The maximum Gasteiger partial charge on any atom is 0.408 e. The molecule has 3 amide bonds. The first-order chi connectivity index (χ1) is 17.9. The van der Waals surface area contributed by atoms with Crippen molar-refractivity contribution in [1.29, 1.82) is 0 Å². The van der Waals surface area contributed by atoms with Crippen LogP contribution in [0.15, 0.2) is 60.7 Å². The Morgan fingerprint density at radius 2 is 1.63 bits per heavy atom. The number of nitrogens with zero attached hydrogens (tertiary/aromatic N) is 1. The molecule has 0 radical (unpaired) electrons. The third kappa shape index (κ3) is 7.12. The van der Waals surface area contributed by atoms with Crippen molar-refractivity contribution >= 4 is 34.4 Å². The number of carbonyl (C=O) groups is 3. The Morgan fingerprint density at radius 3 is 2.29 bits per heavy atom. The predicted molar refractivity (Wildman–Crippen MR) is 152 cm³/mol. The average molecular weight is 518 g/mol. The fourth-order valence-corrected chi connectivity index (χ4v) is 4.40. The van der Waals surface area contributed by atoms with Crippen LogP contribution in [0.2, 0.25) is 0 Å². The van der Waals surface area contributed by atoms with E-state index in [0.29, 0.717) is 18.7 Å². The van der Waals surface area contributed by atoms with E-state index in [2.05, 4.69) is 10.6 Å². The van der Waals surface area contributed by atoms with Crippen LogP contribution in [0.3, 0.4) is 0 Å². The standard InChI is InChI=1S/C31H39N3O4/c1-8-18-34(29(36)22(4)32-30(37)38-31(5,6)7)27(26-15-11-12-20(2)21(26)3)28(35)33-25-17-16-23-13-9-10-14-24(23)19-25/h9-17,19,22,27H,8,18H2,1-7H3,(H,32,37)(H,33,35). The van der Waals surface area contributed by atoms with Crippen molar-refractivity contribution in [2.75, 3.05) is 11.9 Å². The van der Waals surface area contributed by atoms with Gasteiger partial charge in [-0.2, -0.15) is 0 Å². The minimum absolute atomic E-state index is 0.319. The molecule has 0 heterocycles. The highest BCUT2D eigenvalue weighted by Crippen LogP contribution is 2.29. The van der Waals surface area contributed by atoms with Crippen molar-refractivity contribution in [2.45, 2.75) is 72.6 Å². The van der Waals surface area contributed by atoms with Crippen LogP contribution in [-0.4, -0.2) is 41.0 Å². The molecule has 0 fully saturated rings. The van der Waals surface area contributed by atoms with Crippen molar-refractivity contribution < 1.29 is 19.1 Å². The summed E-state index contributed by atoms with van der Waals surface area (Å²) in [6.07, 6.45) is -0.0473. The Kier molecular flexibility index (Phi) is 9.15. The smallest absolute Gasteiger partial charge is 0.408 e. The maximum atomic E-state index is 13.9. The summed E-state index contributed by atoms with van der Waals surface area (Å²) in [5.41, 5.74) is 2.65. The lowest BCUT2D eigenvalue weighted by atomic mass is 9.95. The second-order valence-electron chi connectivity index (χ2n) is 10.6. The van der Waals surface area contributed by atoms with Gasteiger partial charge in [0.1, 0.15) is 17.7 Å². The monoisotopic (exact) mass is 517 g/mol. The van der Waals surface area contributed by atoms with E-state index in [9.17, 15) is 14.4 Å². The van der Waals surface area contributed by atoms with Gasteiger partial charge in [0, 0.05) is 12.2 Å². The molecule has 0 aliphatic rings. The average Bonchev–Trinajstić information content (AvgIpc) is 2.84. The van der Waals surface area contributed by atoms with Gasteiger partial charge in [-0.05, 0) is 87.6 Å². The minimum Gasteiger partial charge on any atom is -0.444 e. The van der Waals surface area contributed by atoms with E-state index in [1.165, 1.54) is 0 Å². The number of amides is 3. The molecular weight excluding hydrogens is 478 g/mol. The van der Waals surface area contributed by atoms with Gasteiger partial charge in [-0.1, -0.05) is 55.5 Å². The van der Waals surface area contributed by atoms with Crippen molar-refractivity contribution in [3.05, 3.63) is 77.4 Å². The van der Waals surface area contributed by atoms with E-state index in [-0.39, 0.29) is 11.8 Å². The molecule has 3 aromatic rings. The minimum atomic E-state index is -0.892. The summed E-state index contributed by atoms with van der Waals surface area (Å²) in [6, 6.07) is 17.6. The number of ether oxygens (including phenoxy) is 1. The highest BCUT2D eigenvalue weighted by molar-refractivity contribution is 6.00. The molecule has 2 unspecified atom stereocenters. The number of anilines is 1. The predicted octanol–water partition coefficient (Wildman–Crippen LogP) is 6.29. The van der Waals surface area contributed by atoms with E-state index in [1.54, 1.807) is 32.6 Å². The summed E-state index contributed by atoms with van der Waals surface area (Å²) in [6.45, 7) is 13.1. The molecule has 2 atom stereocenters. The van der Waals surface area contributed by atoms with Crippen LogP contribution in [0.1, 0.15) is 63.8 Å². The van der Waals surface area contributed by atoms with Crippen molar-refractivity contribution in [3.8, 4) is 0 Å². The lowest BCUT2D eigenvalue weighted by Gasteiger charge is -2.34. The zero-order valence-corrected chi connectivity index (χ0v) is 23.4. The highest BCUT2D eigenvalue weighted by Gasteiger charge is 2.35. The van der Waals surface area contributed by atoms with Gasteiger partial charge in [0.15, 0.2) is 0 Å². The molecule has 0 aromatic heterocycles. The van der Waals surface area contributed by atoms with Crippen molar-refractivity contribution in [1.82, 2.24) is 10.2 Å². The van der Waals surface area contributed by atoms with Crippen LogP contribution < -0.4 is 10.6 Å². The zero-order chi connectivity index (χ0) is 28.0. The van der Waals surface area contributed by atoms with E-state index < -0.39 is 23.8 Å². The summed E-state index contributed by atoms with van der Waals surface area (Å²) in [7, 11) is 0. The fourth-order valence-electron chi connectivity index (χ4n) is 4.40. The molecule has 38 heavy (non-hydrogen) atoms. The van der Waals surface area contributed by atoms with Gasteiger partial charge in [0.2, 0.25) is 5.91 Å². The molecule has 0 aliphatic heterocycles. The SMILES string of the molecule is CCCN(C(=O)C(C)NC(=O)OC(C)(C)C)C(C(=O)Nc1ccc2ccccc2c1)c1cccc(C)c1C. The Labute approximate surface area is 225 Å². The third-order valence-corrected chi connectivity index (χ3v) is 6.37. The maximum absolute atomic E-state index is 13.9. The quantitative estimate of drug-likeness (QED) is 0.368. The van der Waals surface area contributed by atoms with Gasteiger partial charge >= 0.3 is 6.09 Å². The molecule has 202 valence electrons. The summed E-state index contributed by atoms with van der Waals surface area (Å²) in [5.74, 6) is -0.683. The van der Waals surface area contributed by atoms with Crippen LogP contribution in [0.5, 0.6) is 0 Å². The van der Waals surface area contributed by atoms with Gasteiger partial charge < -0.3 is 20.3 Å². The van der Waals surface area contributed by atoms with Crippen molar-refractivity contribution in [3.63, 3.8) is 0 Å². The Morgan fingerprint density at radius 1 is 0.947 bits per heavy atom. The van der Waals surface area contributed by atoms with Crippen LogP contribution in [0.25, 0.3) is 10.8 Å². The lowest BCUT2D eigenvalue weighted by molar-refractivity contribution is -0.140. The summed E-state index contributed by atoms with van der Waals surface area (Å²) >= 11 is 0. The molecule has 0 aliphatic carbocycles. The second kappa shape index (κ2) is 12.1. The van der Waals surface area contributed by atoms with E-state index in [4.69, 9.17) is 4.74 Å². The summed E-state index contributed by atoms with van der Waals surface area (Å²) < 4.78 is 5.34. The number of rotatable bonds is 8. The summed E-state index contributed by atoms with van der Waals surface area (Å²) in [4.78, 5) is 41.6. The van der Waals surface area contributed by atoms with E-state index >= 15 is 0 Å². The zero-order valence-electron chi connectivity index (χ0n) is 23.4. The number of hydrogen-bond acceptors (Lipinski definition) is 4. The lowest BCUT2D eigenvalue weighted by Crippen LogP contribution is -2.51. The number of alkyl carbamates (subject to hydrolysis) is 1. The number of carbonyl (C=O) groups excluding carboxylic acids is 3. The first-order valence-corrected chi connectivity index (χ1v) is 13.1. The van der Waals surface area contributed by atoms with Crippen molar-refractivity contribution in [2.24, 2.45) is 0 Å². The van der Waals surface area contributed by atoms with Crippen LogP contribution >= 0.6 is 0 Å². The van der Waals surface area contributed by atoms with Gasteiger partial charge in [0.05, 0.1) is 0 Å². The molecule has 3 rings (SSSR count). The topological polar surface area (TPSA) is 87.7 Å². The Balaban J connectivity index is 1.97. The van der Waals surface area contributed by atoms with Crippen LogP contribution in [0, 0.1) is 13.8 Å². The molecule has 3 aromatic carbocycles. The van der Waals surface area contributed by atoms with Gasteiger partial charge in [-0.15, -0.1) is 0 Å². The normalized spacial score (nSPS) is 12.9.